The molecule has 1 nitrogen and oxygen atoms in total. The van der Waals surface area contributed by atoms with Gasteiger partial charge in [0.05, 0.1) is 0 Å². The number of benzene rings is 2. The van der Waals surface area contributed by atoms with Gasteiger partial charge >= 0.3 is 0 Å². The molecule has 2 aromatic rings. The normalized spacial score (nSPS) is 11.2. The molecule has 0 spiro atoms. The predicted molar refractivity (Wildman–Crippen MR) is 135 cm³/mol. The highest BCUT2D eigenvalue weighted by Crippen LogP contribution is 2.11. The van der Waals surface area contributed by atoms with Gasteiger partial charge in [0, 0.05) is 18.1 Å². The molecule has 0 radical (unpaired) electrons. The summed E-state index contributed by atoms with van der Waals surface area (Å²) in [6.07, 6.45) is 17.1. The lowest BCUT2D eigenvalue weighted by molar-refractivity contribution is 0.127. The second-order valence-corrected chi connectivity index (χ2v) is 8.44. The van der Waals surface area contributed by atoms with E-state index in [9.17, 15) is 0 Å². The summed E-state index contributed by atoms with van der Waals surface area (Å²) >= 11 is 5.48. The topological polar surface area (TPSA) is 9.23 Å². The maximum atomic E-state index is 5.81. The van der Waals surface area contributed by atoms with E-state index in [1.807, 2.05) is 36.4 Å². The van der Waals surface area contributed by atoms with E-state index >= 15 is 0 Å². The molecule has 0 saturated carbocycles. The molecule has 0 unspecified atom stereocenters. The van der Waals surface area contributed by atoms with Crippen molar-refractivity contribution in [2.45, 2.75) is 71.1 Å². The molecular formula is C28H38OS. The smallest absolute Gasteiger partial charge is 0.0469 e. The molecule has 0 fully saturated rings. The van der Waals surface area contributed by atoms with Gasteiger partial charge in [-0.25, -0.2) is 0 Å². The number of ether oxygens (including phenoxy) is 1. The van der Waals surface area contributed by atoms with Crippen molar-refractivity contribution >= 4 is 23.2 Å². The van der Waals surface area contributed by atoms with Crippen molar-refractivity contribution in [3.8, 4) is 0 Å². The highest BCUT2D eigenvalue weighted by Gasteiger charge is 1.97. The third-order valence-electron chi connectivity index (χ3n) is 5.36. The maximum absolute atomic E-state index is 5.81. The van der Waals surface area contributed by atoms with Crippen LogP contribution in [0, 0.1) is 0 Å². The van der Waals surface area contributed by atoms with E-state index in [1.165, 1.54) is 62.5 Å². The van der Waals surface area contributed by atoms with Gasteiger partial charge in [-0.1, -0.05) is 125 Å². The number of hydrogen-bond acceptors (Lipinski definition) is 2. The van der Waals surface area contributed by atoms with Crippen molar-refractivity contribution in [3.05, 3.63) is 77.4 Å². The van der Waals surface area contributed by atoms with E-state index in [-0.39, 0.29) is 0 Å². The van der Waals surface area contributed by atoms with Crippen LogP contribution in [0.2, 0.25) is 0 Å². The fourth-order valence-corrected chi connectivity index (χ4v) is 3.69. The summed E-state index contributed by atoms with van der Waals surface area (Å²) in [6.45, 7) is 4.05. The lowest BCUT2D eigenvalue weighted by Gasteiger charge is -2.05. The third kappa shape index (κ3) is 10.8. The fraction of sp³-hybridized carbons (Fsp3) is 0.464. The van der Waals surface area contributed by atoms with Crippen LogP contribution in [0.1, 0.15) is 81.4 Å². The molecule has 30 heavy (non-hydrogen) atoms. The van der Waals surface area contributed by atoms with Gasteiger partial charge in [-0.05, 0) is 42.0 Å². The Morgan fingerprint density at radius 2 is 1.40 bits per heavy atom. The minimum atomic E-state index is 0.865. The number of rotatable bonds is 16. The zero-order chi connectivity index (χ0) is 21.3. The Bertz CT molecular complexity index is 718. The van der Waals surface area contributed by atoms with Gasteiger partial charge in [0.1, 0.15) is 0 Å². The zero-order valence-electron chi connectivity index (χ0n) is 18.7. The summed E-state index contributed by atoms with van der Waals surface area (Å²) in [5.74, 6) is 0. The summed E-state index contributed by atoms with van der Waals surface area (Å²) in [5, 5.41) is 0. The molecular weight excluding hydrogens is 384 g/mol. The molecule has 0 atom stereocenters. The quantitative estimate of drug-likeness (QED) is 0.117. The summed E-state index contributed by atoms with van der Waals surface area (Å²) < 4.78 is 5.81. The average molecular weight is 423 g/mol. The molecule has 0 aliphatic carbocycles. The summed E-state index contributed by atoms with van der Waals surface area (Å²) in [7, 11) is 0. The highest BCUT2D eigenvalue weighted by atomic mass is 32.1. The second-order valence-electron chi connectivity index (χ2n) is 8.00. The molecule has 0 aromatic heterocycles. The third-order valence-corrected chi connectivity index (χ3v) is 5.73. The minimum absolute atomic E-state index is 0.865. The number of thiocarbonyl (C=S) groups is 1. The lowest BCUT2D eigenvalue weighted by atomic mass is 10.1. The van der Waals surface area contributed by atoms with Crippen LogP contribution in [-0.4, -0.2) is 18.1 Å². The standard InChI is InChI=1S/C28H38OS/c1-2-3-4-5-6-7-8-12-23-29-24-13-14-25-17-19-26(20-18-25)21-22-28(30)27-15-10-9-11-16-27/h9-11,15-22H,2-8,12-14,23-24H2,1H3. The lowest BCUT2D eigenvalue weighted by Crippen LogP contribution is -1.99. The number of allylic oxidation sites excluding steroid dienone is 1. The van der Waals surface area contributed by atoms with Crippen LogP contribution in [0.3, 0.4) is 0 Å². The Morgan fingerprint density at radius 1 is 0.767 bits per heavy atom. The van der Waals surface area contributed by atoms with Gasteiger partial charge in [0.2, 0.25) is 0 Å². The Labute approximate surface area is 189 Å². The monoisotopic (exact) mass is 422 g/mol. The predicted octanol–water partition coefficient (Wildman–Crippen LogP) is 8.21. The molecule has 0 aliphatic rings. The molecule has 0 amide bonds. The van der Waals surface area contributed by atoms with Crippen molar-refractivity contribution in [3.63, 3.8) is 0 Å². The van der Waals surface area contributed by atoms with Gasteiger partial charge in [-0.3, -0.25) is 0 Å². The molecule has 0 aliphatic heterocycles. The summed E-state index contributed by atoms with van der Waals surface area (Å²) in [4.78, 5) is 0.869. The van der Waals surface area contributed by atoms with Crippen LogP contribution < -0.4 is 0 Å². The Hall–Kier alpha value is -1.77. The van der Waals surface area contributed by atoms with E-state index in [1.54, 1.807) is 0 Å². The number of aryl methyl sites for hydroxylation is 1. The molecule has 0 N–H and O–H groups in total. The second kappa shape index (κ2) is 16.0. The van der Waals surface area contributed by atoms with E-state index in [0.717, 1.165) is 36.5 Å². The van der Waals surface area contributed by atoms with E-state index in [4.69, 9.17) is 17.0 Å². The first kappa shape index (κ1) is 24.5. The van der Waals surface area contributed by atoms with Crippen molar-refractivity contribution in [2.24, 2.45) is 0 Å². The van der Waals surface area contributed by atoms with E-state index in [0.29, 0.717) is 0 Å². The largest absolute Gasteiger partial charge is 0.381 e. The van der Waals surface area contributed by atoms with Crippen LogP contribution >= 0.6 is 12.2 Å². The first-order valence-corrected chi connectivity index (χ1v) is 12.1. The van der Waals surface area contributed by atoms with E-state index < -0.39 is 0 Å². The van der Waals surface area contributed by atoms with Crippen LogP contribution in [0.5, 0.6) is 0 Å². The zero-order valence-corrected chi connectivity index (χ0v) is 19.5. The van der Waals surface area contributed by atoms with Crippen molar-refractivity contribution in [1.29, 1.82) is 0 Å². The van der Waals surface area contributed by atoms with Crippen molar-refractivity contribution in [1.82, 2.24) is 0 Å². The Balaban J connectivity index is 1.53. The Kier molecular flexibility index (Phi) is 13.1. The minimum Gasteiger partial charge on any atom is -0.381 e. The first-order chi connectivity index (χ1) is 14.8. The molecule has 0 saturated heterocycles. The molecule has 0 heterocycles. The van der Waals surface area contributed by atoms with Gasteiger partial charge in [-0.15, -0.1) is 0 Å². The van der Waals surface area contributed by atoms with E-state index in [2.05, 4.69) is 37.3 Å². The van der Waals surface area contributed by atoms with Crippen LogP contribution in [0.4, 0.5) is 0 Å². The molecule has 2 heteroatoms. The van der Waals surface area contributed by atoms with Gasteiger partial charge in [0.15, 0.2) is 0 Å². The molecule has 162 valence electrons. The van der Waals surface area contributed by atoms with Crippen molar-refractivity contribution < 1.29 is 4.74 Å². The summed E-state index contributed by atoms with van der Waals surface area (Å²) in [6, 6.07) is 18.9. The van der Waals surface area contributed by atoms with Gasteiger partial charge < -0.3 is 4.74 Å². The van der Waals surface area contributed by atoms with Crippen LogP contribution in [0.25, 0.3) is 6.08 Å². The molecule has 2 aromatic carbocycles. The molecule has 2 rings (SSSR count). The Morgan fingerprint density at radius 3 is 2.10 bits per heavy atom. The SMILES string of the molecule is CCCCCCCCCCOCCCc1ccc(C=CC(=S)c2ccccc2)cc1. The van der Waals surface area contributed by atoms with Gasteiger partial charge in [0.25, 0.3) is 0 Å². The average Bonchev–Trinajstić information content (AvgIpc) is 2.79. The number of unbranched alkanes of at least 4 members (excludes halogenated alkanes) is 7. The fourth-order valence-electron chi connectivity index (χ4n) is 3.48. The first-order valence-electron chi connectivity index (χ1n) is 11.7. The number of hydrogen-bond donors (Lipinski definition) is 0. The van der Waals surface area contributed by atoms with Crippen LogP contribution in [0.15, 0.2) is 60.7 Å². The maximum Gasteiger partial charge on any atom is 0.0469 e. The molecule has 0 bridgehead atoms. The highest BCUT2D eigenvalue weighted by molar-refractivity contribution is 7.81. The van der Waals surface area contributed by atoms with Gasteiger partial charge in [-0.2, -0.15) is 0 Å². The van der Waals surface area contributed by atoms with Crippen molar-refractivity contribution in [2.75, 3.05) is 13.2 Å². The summed E-state index contributed by atoms with van der Waals surface area (Å²) in [5.41, 5.74) is 3.64. The van der Waals surface area contributed by atoms with Crippen LogP contribution in [-0.2, 0) is 11.2 Å².